The maximum atomic E-state index is 12.3. The van der Waals surface area contributed by atoms with Gasteiger partial charge in [0.05, 0.1) is 22.8 Å². The van der Waals surface area contributed by atoms with Crippen LogP contribution in [-0.4, -0.2) is 36.7 Å². The number of ether oxygens (including phenoxy) is 1. The highest BCUT2D eigenvalue weighted by Crippen LogP contribution is 2.28. The van der Waals surface area contributed by atoms with E-state index in [0.717, 1.165) is 18.7 Å². The van der Waals surface area contributed by atoms with Gasteiger partial charge in [-0.15, -0.1) is 0 Å². The molecule has 7 heteroatoms. The summed E-state index contributed by atoms with van der Waals surface area (Å²) in [5, 5.41) is 3.29. The van der Waals surface area contributed by atoms with E-state index >= 15 is 0 Å². The van der Waals surface area contributed by atoms with E-state index in [1.54, 1.807) is 31.2 Å². The van der Waals surface area contributed by atoms with Gasteiger partial charge in [-0.2, -0.15) is 0 Å². The smallest absolute Gasteiger partial charge is 0.338 e. The lowest BCUT2D eigenvalue weighted by Crippen LogP contribution is -2.21. The Balaban J connectivity index is 1.70. The predicted molar refractivity (Wildman–Crippen MR) is 123 cm³/mol. The van der Waals surface area contributed by atoms with Crippen LogP contribution >= 0.6 is 11.8 Å². The first-order valence-electron chi connectivity index (χ1n) is 9.95. The fourth-order valence-corrected chi connectivity index (χ4v) is 3.85. The van der Waals surface area contributed by atoms with Crippen LogP contribution in [0.1, 0.15) is 36.7 Å². The van der Waals surface area contributed by atoms with Crippen molar-refractivity contribution in [2.45, 2.75) is 20.8 Å². The van der Waals surface area contributed by atoms with E-state index in [1.807, 2.05) is 18.2 Å². The number of amidine groups is 1. The first-order chi connectivity index (χ1) is 14.5. The zero-order valence-corrected chi connectivity index (χ0v) is 18.2. The molecule has 0 atom stereocenters. The molecule has 0 bridgehead atoms. The molecule has 1 N–H and O–H groups in total. The lowest BCUT2D eigenvalue weighted by atomic mass is 10.1. The van der Waals surface area contributed by atoms with Gasteiger partial charge >= 0.3 is 5.97 Å². The van der Waals surface area contributed by atoms with Crippen LogP contribution < -0.4 is 10.2 Å². The van der Waals surface area contributed by atoms with Crippen molar-refractivity contribution >= 4 is 46.3 Å². The van der Waals surface area contributed by atoms with Crippen molar-refractivity contribution in [3.63, 3.8) is 0 Å². The van der Waals surface area contributed by atoms with Crippen molar-refractivity contribution in [1.82, 2.24) is 5.32 Å². The van der Waals surface area contributed by atoms with Gasteiger partial charge < -0.3 is 15.0 Å². The molecule has 0 aromatic heterocycles. The summed E-state index contributed by atoms with van der Waals surface area (Å²) >= 11 is 1.29. The van der Waals surface area contributed by atoms with E-state index in [-0.39, 0.29) is 11.9 Å². The van der Waals surface area contributed by atoms with Crippen LogP contribution in [0.4, 0.5) is 11.4 Å². The molecule has 3 rings (SSSR count). The predicted octanol–water partition coefficient (Wildman–Crippen LogP) is 4.60. The third kappa shape index (κ3) is 5.30. The third-order valence-electron chi connectivity index (χ3n) is 4.58. The van der Waals surface area contributed by atoms with Crippen molar-refractivity contribution in [1.29, 1.82) is 0 Å². The largest absolute Gasteiger partial charge is 0.462 e. The number of amides is 1. The van der Waals surface area contributed by atoms with E-state index in [2.05, 4.69) is 41.2 Å². The second-order valence-electron chi connectivity index (χ2n) is 6.51. The van der Waals surface area contributed by atoms with Crippen LogP contribution in [0.25, 0.3) is 6.08 Å². The van der Waals surface area contributed by atoms with Crippen LogP contribution in [0.5, 0.6) is 0 Å². The number of aliphatic imine (C=N–C) groups is 1. The van der Waals surface area contributed by atoms with E-state index in [4.69, 9.17) is 4.74 Å². The summed E-state index contributed by atoms with van der Waals surface area (Å²) in [6.45, 7) is 8.27. The number of esters is 1. The van der Waals surface area contributed by atoms with Gasteiger partial charge in [-0.3, -0.25) is 4.79 Å². The number of hydrogen-bond donors (Lipinski definition) is 1. The Labute approximate surface area is 181 Å². The monoisotopic (exact) mass is 423 g/mol. The zero-order chi connectivity index (χ0) is 21.5. The standard InChI is InChI=1S/C23H25N3O3S/c1-4-26(5-2)19-13-7-16(8-14-19)15-20-21(27)25-23(30-20)24-18-11-9-17(10-12-18)22(28)29-6-3/h7-15H,4-6H2,1-3H3,(H,24,25,27)/b20-15-. The second kappa shape index (κ2) is 10.1. The molecule has 0 radical (unpaired) electrons. The van der Waals surface area contributed by atoms with Crippen molar-refractivity contribution in [3.8, 4) is 0 Å². The van der Waals surface area contributed by atoms with Gasteiger partial charge in [0, 0.05) is 18.8 Å². The highest BCUT2D eigenvalue weighted by atomic mass is 32.2. The van der Waals surface area contributed by atoms with Crippen LogP contribution in [0.15, 0.2) is 58.4 Å². The number of rotatable bonds is 7. The Bertz CT molecular complexity index is 962. The number of carbonyl (C=O) groups excluding carboxylic acids is 2. The minimum Gasteiger partial charge on any atom is -0.462 e. The molecule has 1 heterocycles. The fraction of sp³-hybridized carbons (Fsp3) is 0.261. The zero-order valence-electron chi connectivity index (χ0n) is 17.3. The summed E-state index contributed by atoms with van der Waals surface area (Å²) in [4.78, 5) is 31.3. The number of benzene rings is 2. The summed E-state index contributed by atoms with van der Waals surface area (Å²) in [6.07, 6.45) is 1.86. The maximum absolute atomic E-state index is 12.3. The minimum absolute atomic E-state index is 0.172. The number of carbonyl (C=O) groups is 2. The van der Waals surface area contributed by atoms with Crippen LogP contribution in [0, 0.1) is 0 Å². The van der Waals surface area contributed by atoms with Gasteiger partial charge in [0.2, 0.25) is 0 Å². The number of nitrogens with one attached hydrogen (secondary N) is 1. The molecule has 0 saturated carbocycles. The summed E-state index contributed by atoms with van der Waals surface area (Å²) in [5.74, 6) is -0.535. The highest BCUT2D eigenvalue weighted by Gasteiger charge is 2.23. The normalized spacial score (nSPS) is 16.0. The third-order valence-corrected chi connectivity index (χ3v) is 5.49. The van der Waals surface area contributed by atoms with Crippen molar-refractivity contribution in [2.24, 2.45) is 4.99 Å². The molecule has 0 unspecified atom stereocenters. The molecule has 1 aliphatic heterocycles. The first-order valence-corrected chi connectivity index (χ1v) is 10.8. The maximum Gasteiger partial charge on any atom is 0.338 e. The molecule has 1 fully saturated rings. The quantitative estimate of drug-likeness (QED) is 0.521. The molecule has 6 nitrogen and oxygen atoms in total. The van der Waals surface area contributed by atoms with Gasteiger partial charge in [0.15, 0.2) is 5.17 Å². The molecular weight excluding hydrogens is 398 g/mol. The average molecular weight is 424 g/mol. The van der Waals surface area contributed by atoms with Crippen molar-refractivity contribution in [2.75, 3.05) is 24.6 Å². The molecule has 2 aromatic carbocycles. The minimum atomic E-state index is -0.363. The van der Waals surface area contributed by atoms with Crippen LogP contribution in [0.2, 0.25) is 0 Å². The van der Waals surface area contributed by atoms with Crippen molar-refractivity contribution in [3.05, 3.63) is 64.6 Å². The summed E-state index contributed by atoms with van der Waals surface area (Å²) in [6, 6.07) is 14.9. The lowest BCUT2D eigenvalue weighted by molar-refractivity contribution is -0.115. The molecule has 0 aliphatic carbocycles. The average Bonchev–Trinajstić information content (AvgIpc) is 3.09. The topological polar surface area (TPSA) is 71.0 Å². The highest BCUT2D eigenvalue weighted by molar-refractivity contribution is 8.18. The van der Waals surface area contributed by atoms with Gasteiger partial charge in [-0.25, -0.2) is 9.79 Å². The van der Waals surface area contributed by atoms with Gasteiger partial charge in [0.25, 0.3) is 5.91 Å². The fourth-order valence-electron chi connectivity index (χ4n) is 3.01. The summed E-state index contributed by atoms with van der Waals surface area (Å²) in [7, 11) is 0. The molecule has 156 valence electrons. The first kappa shape index (κ1) is 21.6. The number of anilines is 1. The molecular formula is C23H25N3O3S. The Kier molecular flexibility index (Phi) is 7.30. The SMILES string of the molecule is CCOC(=O)c1ccc(N=C2NC(=O)/C(=C/c3ccc(N(CC)CC)cc3)S2)cc1. The van der Waals surface area contributed by atoms with E-state index in [0.29, 0.717) is 27.9 Å². The molecule has 1 amide bonds. The summed E-state index contributed by atoms with van der Waals surface area (Å²) < 4.78 is 4.97. The lowest BCUT2D eigenvalue weighted by Gasteiger charge is -2.20. The van der Waals surface area contributed by atoms with Gasteiger partial charge in [0.1, 0.15) is 0 Å². The van der Waals surface area contributed by atoms with E-state index in [9.17, 15) is 9.59 Å². The van der Waals surface area contributed by atoms with Gasteiger partial charge in [-0.1, -0.05) is 12.1 Å². The Morgan fingerprint density at radius 3 is 2.33 bits per heavy atom. The van der Waals surface area contributed by atoms with Crippen molar-refractivity contribution < 1.29 is 14.3 Å². The summed E-state index contributed by atoms with van der Waals surface area (Å²) in [5.41, 5.74) is 3.25. The number of hydrogen-bond acceptors (Lipinski definition) is 6. The Morgan fingerprint density at radius 1 is 1.07 bits per heavy atom. The molecule has 30 heavy (non-hydrogen) atoms. The van der Waals surface area contributed by atoms with Crippen LogP contribution in [-0.2, 0) is 9.53 Å². The van der Waals surface area contributed by atoms with E-state index < -0.39 is 0 Å². The number of nitrogens with zero attached hydrogens (tertiary/aromatic N) is 2. The molecule has 0 spiro atoms. The number of thioether (sulfide) groups is 1. The second-order valence-corrected chi connectivity index (χ2v) is 7.54. The Morgan fingerprint density at radius 2 is 1.73 bits per heavy atom. The van der Waals surface area contributed by atoms with E-state index in [1.165, 1.54) is 17.4 Å². The molecule has 2 aromatic rings. The molecule has 1 saturated heterocycles. The van der Waals surface area contributed by atoms with Gasteiger partial charge in [-0.05, 0) is 80.6 Å². The molecule has 1 aliphatic rings. The Hall–Kier alpha value is -3.06. The van der Waals surface area contributed by atoms with Crippen LogP contribution in [0.3, 0.4) is 0 Å².